The Bertz CT molecular complexity index is 958. The van der Waals surface area contributed by atoms with Gasteiger partial charge in [-0.25, -0.2) is 13.2 Å². The van der Waals surface area contributed by atoms with E-state index in [2.05, 4.69) is 0 Å². The minimum atomic E-state index is -4.06. The number of amides is 1. The quantitative estimate of drug-likeness (QED) is 0.682. The number of sulfonamides is 1. The summed E-state index contributed by atoms with van der Waals surface area (Å²) in [7, 11) is -4.06. The summed E-state index contributed by atoms with van der Waals surface area (Å²) in [4.78, 5) is 12.7. The maximum Gasteiger partial charge on any atom is 0.429 e. The second kappa shape index (κ2) is 7.84. The molecular formula is C20H17NO4S. The molecule has 3 aromatic rings. The Kier molecular flexibility index (Phi) is 5.34. The summed E-state index contributed by atoms with van der Waals surface area (Å²) in [6.45, 7) is -0.121. The van der Waals surface area contributed by atoms with E-state index in [4.69, 9.17) is 4.74 Å². The highest BCUT2D eigenvalue weighted by molar-refractivity contribution is 7.89. The van der Waals surface area contributed by atoms with E-state index in [0.29, 0.717) is 5.56 Å². The lowest BCUT2D eigenvalue weighted by Crippen LogP contribution is -2.38. The molecule has 3 aromatic carbocycles. The number of benzene rings is 3. The second-order valence-corrected chi connectivity index (χ2v) is 7.35. The van der Waals surface area contributed by atoms with E-state index < -0.39 is 16.1 Å². The van der Waals surface area contributed by atoms with E-state index in [1.807, 2.05) is 6.07 Å². The molecule has 0 radical (unpaired) electrons. The van der Waals surface area contributed by atoms with Crippen LogP contribution in [0, 0.1) is 0 Å². The van der Waals surface area contributed by atoms with Gasteiger partial charge in [-0.3, -0.25) is 0 Å². The number of hydrogen-bond acceptors (Lipinski definition) is 4. The number of carbonyl (C=O) groups excluding carboxylic acids is 1. The maximum atomic E-state index is 13.0. The third-order valence-electron chi connectivity index (χ3n) is 3.65. The fraction of sp³-hybridized carbons (Fsp3) is 0.0500. The molecule has 0 unspecified atom stereocenters. The molecule has 1 amide bonds. The molecule has 0 heterocycles. The molecule has 0 aliphatic heterocycles. The third-order valence-corrected chi connectivity index (χ3v) is 5.38. The number of hydrogen-bond donors (Lipinski definition) is 0. The van der Waals surface area contributed by atoms with Crippen molar-refractivity contribution in [2.45, 2.75) is 11.4 Å². The molecular weight excluding hydrogens is 350 g/mol. The first-order valence-electron chi connectivity index (χ1n) is 7.96. The van der Waals surface area contributed by atoms with E-state index in [1.54, 1.807) is 72.8 Å². The minimum absolute atomic E-state index is 0.0287. The van der Waals surface area contributed by atoms with Gasteiger partial charge in [-0.15, -0.1) is 0 Å². The van der Waals surface area contributed by atoms with E-state index in [-0.39, 0.29) is 17.2 Å². The first-order valence-corrected chi connectivity index (χ1v) is 9.40. The predicted octanol–water partition coefficient (Wildman–Crippen LogP) is 4.08. The lowest BCUT2D eigenvalue weighted by Gasteiger charge is -2.22. The number of rotatable bonds is 5. The van der Waals surface area contributed by atoms with Crippen molar-refractivity contribution in [1.82, 2.24) is 4.31 Å². The van der Waals surface area contributed by atoms with Crippen molar-refractivity contribution in [3.63, 3.8) is 0 Å². The second-order valence-electron chi connectivity index (χ2n) is 5.49. The van der Waals surface area contributed by atoms with Crippen molar-refractivity contribution >= 4 is 16.1 Å². The van der Waals surface area contributed by atoms with Crippen LogP contribution in [0.25, 0.3) is 0 Å². The molecule has 6 heteroatoms. The van der Waals surface area contributed by atoms with Crippen molar-refractivity contribution in [2.24, 2.45) is 0 Å². The maximum absolute atomic E-state index is 13.0. The van der Waals surface area contributed by atoms with Crippen molar-refractivity contribution in [3.05, 3.63) is 96.6 Å². The zero-order valence-electron chi connectivity index (χ0n) is 13.9. The predicted molar refractivity (Wildman–Crippen MR) is 98.1 cm³/mol. The monoisotopic (exact) mass is 367 g/mol. The van der Waals surface area contributed by atoms with Crippen LogP contribution >= 0.6 is 0 Å². The summed E-state index contributed by atoms with van der Waals surface area (Å²) in [6, 6.07) is 25.1. The van der Waals surface area contributed by atoms with E-state index in [1.165, 1.54) is 12.1 Å². The molecule has 132 valence electrons. The Morgan fingerprint density at radius 1 is 0.769 bits per heavy atom. The Hall–Kier alpha value is -3.12. The lowest BCUT2D eigenvalue weighted by molar-refractivity contribution is 0.177. The third kappa shape index (κ3) is 4.10. The van der Waals surface area contributed by atoms with Gasteiger partial charge in [0.2, 0.25) is 0 Å². The first kappa shape index (κ1) is 17.7. The fourth-order valence-corrected chi connectivity index (χ4v) is 3.66. The zero-order valence-corrected chi connectivity index (χ0v) is 14.7. The number of nitrogens with zero attached hydrogens (tertiary/aromatic N) is 1. The molecule has 0 N–H and O–H groups in total. The molecule has 0 saturated carbocycles. The van der Waals surface area contributed by atoms with Gasteiger partial charge in [0, 0.05) is 0 Å². The normalized spacial score (nSPS) is 10.9. The van der Waals surface area contributed by atoms with Crippen molar-refractivity contribution in [1.29, 1.82) is 0 Å². The smallest absolute Gasteiger partial charge is 0.409 e. The molecule has 0 aliphatic carbocycles. The van der Waals surface area contributed by atoms with Crippen LogP contribution in [0.4, 0.5) is 4.79 Å². The highest BCUT2D eigenvalue weighted by atomic mass is 32.2. The van der Waals surface area contributed by atoms with E-state index in [9.17, 15) is 13.2 Å². The molecule has 0 spiro atoms. The molecule has 5 nitrogen and oxygen atoms in total. The molecule has 26 heavy (non-hydrogen) atoms. The standard InChI is InChI=1S/C20H17NO4S/c22-20(25-18-12-6-2-7-13-18)21(16-17-10-4-1-5-11-17)26(23,24)19-14-8-3-9-15-19/h1-15H,16H2. The summed E-state index contributed by atoms with van der Waals surface area (Å²) < 4.78 is 32.0. The van der Waals surface area contributed by atoms with Gasteiger partial charge in [0.15, 0.2) is 0 Å². The number of ether oxygens (including phenoxy) is 1. The molecule has 3 rings (SSSR count). The van der Waals surface area contributed by atoms with Crippen LogP contribution in [-0.2, 0) is 16.6 Å². The first-order chi connectivity index (χ1) is 12.6. The zero-order chi connectivity index (χ0) is 18.4. The van der Waals surface area contributed by atoms with Crippen molar-refractivity contribution < 1.29 is 17.9 Å². The molecule has 0 fully saturated rings. The Morgan fingerprint density at radius 2 is 1.27 bits per heavy atom. The number of carbonyl (C=O) groups is 1. The Balaban J connectivity index is 1.95. The molecule has 0 bridgehead atoms. The molecule has 0 atom stereocenters. The van der Waals surface area contributed by atoms with Crippen LogP contribution in [0.15, 0.2) is 95.9 Å². The summed E-state index contributed by atoms with van der Waals surface area (Å²) in [5.74, 6) is 0.277. The van der Waals surface area contributed by atoms with Crippen LogP contribution in [0.5, 0.6) is 5.75 Å². The summed E-state index contributed by atoms with van der Waals surface area (Å²) in [6.07, 6.45) is -0.955. The van der Waals surface area contributed by atoms with Crippen LogP contribution < -0.4 is 4.74 Å². The molecule has 0 aliphatic rings. The topological polar surface area (TPSA) is 63.7 Å². The number of para-hydroxylation sites is 1. The molecule has 0 aromatic heterocycles. The highest BCUT2D eigenvalue weighted by Gasteiger charge is 2.31. The SMILES string of the molecule is O=C(Oc1ccccc1)N(Cc1ccccc1)S(=O)(=O)c1ccccc1. The van der Waals surface area contributed by atoms with Gasteiger partial charge in [0.1, 0.15) is 5.75 Å². The summed E-state index contributed by atoms with van der Waals surface area (Å²) >= 11 is 0. The summed E-state index contributed by atoms with van der Waals surface area (Å²) in [5, 5.41) is 0. The van der Waals surface area contributed by atoms with Gasteiger partial charge < -0.3 is 4.74 Å². The van der Waals surface area contributed by atoms with E-state index in [0.717, 1.165) is 4.31 Å². The van der Waals surface area contributed by atoms with Crippen LogP contribution in [0.1, 0.15) is 5.56 Å². The Labute approximate surface area is 152 Å². The van der Waals surface area contributed by atoms with Crippen molar-refractivity contribution in [3.8, 4) is 5.75 Å². The van der Waals surface area contributed by atoms with Gasteiger partial charge >= 0.3 is 6.09 Å². The van der Waals surface area contributed by atoms with Gasteiger partial charge in [-0.05, 0) is 29.8 Å². The van der Waals surface area contributed by atoms with E-state index >= 15 is 0 Å². The Morgan fingerprint density at radius 3 is 1.85 bits per heavy atom. The van der Waals surface area contributed by atoms with Crippen LogP contribution in [0.3, 0.4) is 0 Å². The van der Waals surface area contributed by atoms with Gasteiger partial charge in [0.05, 0.1) is 11.4 Å². The van der Waals surface area contributed by atoms with Crippen molar-refractivity contribution in [2.75, 3.05) is 0 Å². The minimum Gasteiger partial charge on any atom is -0.409 e. The lowest BCUT2D eigenvalue weighted by atomic mass is 10.2. The van der Waals surface area contributed by atoms with Gasteiger partial charge in [0.25, 0.3) is 10.0 Å². The van der Waals surface area contributed by atoms with Crippen LogP contribution in [-0.4, -0.2) is 18.8 Å². The van der Waals surface area contributed by atoms with Gasteiger partial charge in [-0.2, -0.15) is 4.31 Å². The molecule has 0 saturated heterocycles. The fourth-order valence-electron chi connectivity index (χ4n) is 2.36. The van der Waals surface area contributed by atoms with Gasteiger partial charge in [-0.1, -0.05) is 66.7 Å². The largest absolute Gasteiger partial charge is 0.429 e. The summed E-state index contributed by atoms with van der Waals surface area (Å²) in [5.41, 5.74) is 0.678. The highest BCUT2D eigenvalue weighted by Crippen LogP contribution is 2.21. The average molecular weight is 367 g/mol. The average Bonchev–Trinajstić information content (AvgIpc) is 2.68. The van der Waals surface area contributed by atoms with Crippen LogP contribution in [0.2, 0.25) is 0 Å².